The molecule has 0 fully saturated rings. The maximum atomic E-state index is 12.5. The third-order valence-corrected chi connectivity index (χ3v) is 5.02. The van der Waals surface area contributed by atoms with Crippen LogP contribution in [-0.2, 0) is 0 Å². The highest BCUT2D eigenvalue weighted by atomic mass is 79.9. The molecule has 0 aliphatic rings. The fourth-order valence-corrected chi connectivity index (χ4v) is 3.28. The molecular formula is C19H17BrN2O2S. The smallest absolute Gasteiger partial charge is 0.273 e. The lowest BCUT2D eigenvalue weighted by Gasteiger charge is -2.16. The van der Waals surface area contributed by atoms with Crippen LogP contribution in [0.15, 0.2) is 64.5 Å². The van der Waals surface area contributed by atoms with E-state index in [1.165, 1.54) is 11.3 Å². The van der Waals surface area contributed by atoms with Gasteiger partial charge in [-0.15, -0.1) is 11.3 Å². The van der Waals surface area contributed by atoms with Crippen LogP contribution in [0.3, 0.4) is 0 Å². The van der Waals surface area contributed by atoms with Crippen molar-refractivity contribution in [3.05, 3.63) is 70.1 Å². The topological polar surface area (TPSA) is 42.4 Å². The van der Waals surface area contributed by atoms with Crippen LogP contribution in [0, 0.1) is 0 Å². The second-order valence-electron chi connectivity index (χ2n) is 5.43. The summed E-state index contributed by atoms with van der Waals surface area (Å²) in [6.07, 6.45) is 0. The Hall–Kier alpha value is -2.18. The van der Waals surface area contributed by atoms with Crippen LogP contribution in [-0.4, -0.2) is 36.0 Å². The number of carbonyl (C=O) groups excluding carboxylic acids is 1. The lowest BCUT2D eigenvalue weighted by molar-refractivity contribution is 0.0769. The van der Waals surface area contributed by atoms with E-state index in [1.807, 2.05) is 54.6 Å². The van der Waals surface area contributed by atoms with Crippen molar-refractivity contribution in [3.8, 4) is 16.3 Å². The van der Waals surface area contributed by atoms with Crippen LogP contribution in [0.2, 0.25) is 0 Å². The number of nitrogens with zero attached hydrogens (tertiary/aromatic N) is 2. The van der Waals surface area contributed by atoms with Gasteiger partial charge in [-0.1, -0.05) is 46.3 Å². The van der Waals surface area contributed by atoms with E-state index in [1.54, 1.807) is 17.3 Å². The normalized spacial score (nSPS) is 10.5. The number of benzene rings is 2. The van der Waals surface area contributed by atoms with Crippen LogP contribution < -0.4 is 4.74 Å². The van der Waals surface area contributed by atoms with Gasteiger partial charge >= 0.3 is 0 Å². The molecule has 128 valence electrons. The van der Waals surface area contributed by atoms with Gasteiger partial charge in [-0.05, 0) is 24.3 Å². The van der Waals surface area contributed by atoms with Gasteiger partial charge in [-0.25, -0.2) is 4.98 Å². The molecule has 0 atom stereocenters. The van der Waals surface area contributed by atoms with Crippen molar-refractivity contribution in [1.29, 1.82) is 0 Å². The number of hydrogen-bond donors (Lipinski definition) is 0. The molecule has 6 heteroatoms. The molecule has 0 saturated heterocycles. The van der Waals surface area contributed by atoms with E-state index in [0.717, 1.165) is 20.8 Å². The Balaban J connectivity index is 1.55. The number of aromatic nitrogens is 1. The predicted octanol–water partition coefficient (Wildman–Crippen LogP) is 4.72. The van der Waals surface area contributed by atoms with Crippen LogP contribution in [0.5, 0.6) is 5.75 Å². The zero-order chi connectivity index (χ0) is 17.6. The summed E-state index contributed by atoms with van der Waals surface area (Å²) in [4.78, 5) is 18.6. The number of halogens is 1. The van der Waals surface area contributed by atoms with Crippen LogP contribution >= 0.6 is 27.3 Å². The third-order valence-electron chi connectivity index (χ3n) is 3.60. The minimum absolute atomic E-state index is 0.0992. The van der Waals surface area contributed by atoms with Gasteiger partial charge < -0.3 is 9.64 Å². The summed E-state index contributed by atoms with van der Waals surface area (Å²) in [6.45, 7) is 0.923. The van der Waals surface area contributed by atoms with Gasteiger partial charge in [0.15, 0.2) is 0 Å². The number of hydrogen-bond acceptors (Lipinski definition) is 4. The molecule has 0 bridgehead atoms. The molecule has 3 rings (SSSR count). The van der Waals surface area contributed by atoms with Crippen molar-refractivity contribution < 1.29 is 9.53 Å². The van der Waals surface area contributed by atoms with E-state index < -0.39 is 0 Å². The highest BCUT2D eigenvalue weighted by Gasteiger charge is 2.16. The molecular weight excluding hydrogens is 400 g/mol. The number of ether oxygens (including phenoxy) is 1. The summed E-state index contributed by atoms with van der Waals surface area (Å²) in [5.41, 5.74) is 1.49. The molecule has 1 amide bonds. The molecule has 0 radical (unpaired) electrons. The first-order valence-electron chi connectivity index (χ1n) is 7.78. The standard InChI is InChI=1S/C19H17BrN2O2S/c1-22(11-12-24-16-9-7-15(20)8-10-16)19(23)17-13-25-18(21-17)14-5-3-2-4-6-14/h2-10,13H,11-12H2,1H3. The summed E-state index contributed by atoms with van der Waals surface area (Å²) in [5, 5.41) is 2.65. The Kier molecular flexibility index (Phi) is 5.83. The zero-order valence-electron chi connectivity index (χ0n) is 13.7. The minimum atomic E-state index is -0.0992. The summed E-state index contributed by atoms with van der Waals surface area (Å²) in [6, 6.07) is 17.5. The molecule has 1 heterocycles. The first-order chi connectivity index (χ1) is 12.1. The van der Waals surface area contributed by atoms with E-state index in [-0.39, 0.29) is 5.91 Å². The van der Waals surface area contributed by atoms with Gasteiger partial charge in [0.1, 0.15) is 23.1 Å². The molecule has 3 aromatic rings. The fourth-order valence-electron chi connectivity index (χ4n) is 2.21. The quantitative estimate of drug-likeness (QED) is 0.583. The van der Waals surface area contributed by atoms with Crippen molar-refractivity contribution >= 4 is 33.2 Å². The second kappa shape index (κ2) is 8.27. The molecule has 0 aliphatic heterocycles. The van der Waals surface area contributed by atoms with Crippen molar-refractivity contribution in [3.63, 3.8) is 0 Å². The van der Waals surface area contributed by atoms with Gasteiger partial charge in [-0.2, -0.15) is 0 Å². The Morgan fingerprint density at radius 3 is 2.60 bits per heavy atom. The molecule has 0 saturated carbocycles. The van der Waals surface area contributed by atoms with Crippen molar-refractivity contribution in [2.45, 2.75) is 0 Å². The summed E-state index contributed by atoms with van der Waals surface area (Å²) in [5.74, 6) is 0.682. The first kappa shape index (κ1) is 17.6. The van der Waals surface area contributed by atoms with E-state index in [2.05, 4.69) is 20.9 Å². The van der Waals surface area contributed by atoms with Crippen molar-refractivity contribution in [2.24, 2.45) is 0 Å². The van der Waals surface area contributed by atoms with Gasteiger partial charge in [0, 0.05) is 22.5 Å². The monoisotopic (exact) mass is 416 g/mol. The van der Waals surface area contributed by atoms with E-state index >= 15 is 0 Å². The Labute approximate surface area is 159 Å². The average Bonchev–Trinajstić information content (AvgIpc) is 3.13. The first-order valence-corrected chi connectivity index (χ1v) is 9.45. The predicted molar refractivity (Wildman–Crippen MR) is 104 cm³/mol. The number of thiazole rings is 1. The Morgan fingerprint density at radius 2 is 1.88 bits per heavy atom. The minimum Gasteiger partial charge on any atom is -0.492 e. The maximum Gasteiger partial charge on any atom is 0.273 e. The maximum absolute atomic E-state index is 12.5. The highest BCUT2D eigenvalue weighted by Crippen LogP contribution is 2.23. The highest BCUT2D eigenvalue weighted by molar-refractivity contribution is 9.10. The molecule has 0 aliphatic carbocycles. The van der Waals surface area contributed by atoms with Crippen LogP contribution in [0.4, 0.5) is 0 Å². The SMILES string of the molecule is CN(CCOc1ccc(Br)cc1)C(=O)c1csc(-c2ccccc2)n1. The van der Waals surface area contributed by atoms with Gasteiger partial charge in [0.25, 0.3) is 5.91 Å². The number of carbonyl (C=O) groups is 1. The molecule has 4 nitrogen and oxygen atoms in total. The Morgan fingerprint density at radius 1 is 1.16 bits per heavy atom. The number of rotatable bonds is 6. The lowest BCUT2D eigenvalue weighted by atomic mass is 10.2. The van der Waals surface area contributed by atoms with Gasteiger partial charge in [0.05, 0.1) is 6.54 Å². The summed E-state index contributed by atoms with van der Waals surface area (Å²) >= 11 is 4.86. The molecule has 0 spiro atoms. The second-order valence-corrected chi connectivity index (χ2v) is 7.21. The van der Waals surface area contributed by atoms with E-state index in [9.17, 15) is 4.79 Å². The van der Waals surface area contributed by atoms with E-state index in [0.29, 0.717) is 18.8 Å². The number of likely N-dealkylation sites (N-methyl/N-ethyl adjacent to an activating group) is 1. The molecule has 1 aromatic heterocycles. The molecule has 0 N–H and O–H groups in total. The van der Waals surface area contributed by atoms with Gasteiger partial charge in [-0.3, -0.25) is 4.79 Å². The average molecular weight is 417 g/mol. The fraction of sp³-hybridized carbons (Fsp3) is 0.158. The third kappa shape index (κ3) is 4.67. The van der Waals surface area contributed by atoms with E-state index in [4.69, 9.17) is 4.74 Å². The molecule has 25 heavy (non-hydrogen) atoms. The lowest BCUT2D eigenvalue weighted by Crippen LogP contribution is -2.31. The van der Waals surface area contributed by atoms with Crippen molar-refractivity contribution in [2.75, 3.05) is 20.2 Å². The van der Waals surface area contributed by atoms with Crippen LogP contribution in [0.25, 0.3) is 10.6 Å². The Bertz CT molecular complexity index is 834. The van der Waals surface area contributed by atoms with Crippen molar-refractivity contribution in [1.82, 2.24) is 9.88 Å². The molecule has 2 aromatic carbocycles. The zero-order valence-corrected chi connectivity index (χ0v) is 16.1. The molecule has 0 unspecified atom stereocenters. The van der Waals surface area contributed by atoms with Gasteiger partial charge in [0.2, 0.25) is 0 Å². The summed E-state index contributed by atoms with van der Waals surface area (Å²) in [7, 11) is 1.76. The summed E-state index contributed by atoms with van der Waals surface area (Å²) < 4.78 is 6.66. The van der Waals surface area contributed by atoms with Crippen LogP contribution in [0.1, 0.15) is 10.5 Å². The number of amides is 1. The largest absolute Gasteiger partial charge is 0.492 e.